The van der Waals surface area contributed by atoms with E-state index < -0.39 is 59.8 Å². The number of hydrogen-bond acceptors (Lipinski definition) is 6. The zero-order valence-electron chi connectivity index (χ0n) is 20.0. The molecule has 1 aromatic rings. The molecule has 0 aliphatic carbocycles. The van der Waals surface area contributed by atoms with E-state index in [2.05, 4.69) is 26.0 Å². The van der Waals surface area contributed by atoms with Gasteiger partial charge in [-0.15, -0.1) is 0 Å². The molecule has 0 bridgehead atoms. The monoisotopic (exact) mass is 566 g/mol. The van der Waals surface area contributed by atoms with Crippen LogP contribution in [0.4, 0.5) is 23.7 Å². The number of nitrogens with zero attached hydrogens (tertiary/aromatic N) is 3. The molecule has 0 spiro atoms. The Bertz CT molecular complexity index is 915. The van der Waals surface area contributed by atoms with Crippen molar-refractivity contribution in [1.29, 1.82) is 0 Å². The van der Waals surface area contributed by atoms with Crippen molar-refractivity contribution in [3.05, 3.63) is 33.9 Å². The number of quaternary nitrogens is 1. The molecule has 9 nitrogen and oxygen atoms in total. The highest BCUT2D eigenvalue weighted by Crippen LogP contribution is 2.29. The largest absolute Gasteiger partial charge is 0.620 e. The molecule has 1 aliphatic heterocycles. The Morgan fingerprint density at radius 1 is 1.23 bits per heavy atom. The van der Waals surface area contributed by atoms with Gasteiger partial charge in [-0.25, -0.2) is 9.59 Å². The number of piperazine rings is 1. The van der Waals surface area contributed by atoms with Gasteiger partial charge in [0.05, 0.1) is 20.2 Å². The van der Waals surface area contributed by atoms with Gasteiger partial charge >= 0.3 is 18.2 Å². The summed E-state index contributed by atoms with van der Waals surface area (Å²) in [5.41, 5.74) is 0.0918. The predicted octanol–water partition coefficient (Wildman–Crippen LogP) is 3.26. The number of nitrogens with one attached hydrogen (secondary N) is 1. The van der Waals surface area contributed by atoms with E-state index in [4.69, 9.17) is 0 Å². The summed E-state index contributed by atoms with van der Waals surface area (Å²) < 4.78 is 43.1. The fourth-order valence-electron chi connectivity index (χ4n) is 3.98. The molecule has 1 N–H and O–H groups in total. The van der Waals surface area contributed by atoms with Crippen molar-refractivity contribution < 1.29 is 32.3 Å². The summed E-state index contributed by atoms with van der Waals surface area (Å²) in [6.45, 7) is 2.47. The number of methoxy groups -OCH3 is 1. The van der Waals surface area contributed by atoms with Gasteiger partial charge in [0.2, 0.25) is 5.91 Å². The Hall–Kier alpha value is -2.22. The van der Waals surface area contributed by atoms with Crippen LogP contribution < -0.4 is 9.96 Å². The standard InChI is InChI=1S/C22H30BrF3N4O5/c1-5-30(34,16-8-6-15(23)7-9-16)20(32)17-12-28(13-22(24,25)26)10-11-29(17)19(31)18(14(2)3)27-21(33)35-4/h6-9,14,17-18H,5,10-13H2,1-4H3,(H,27,33). The number of carbonyl (C=O) groups excluding carboxylic acids is 3. The lowest BCUT2D eigenvalue weighted by molar-refractivity contribution is -0.162. The highest BCUT2D eigenvalue weighted by atomic mass is 79.9. The number of rotatable bonds is 7. The highest BCUT2D eigenvalue weighted by Gasteiger charge is 2.47. The number of alkyl carbamates (subject to hydrolysis) is 1. The minimum atomic E-state index is -4.52. The van der Waals surface area contributed by atoms with Crippen molar-refractivity contribution in [2.75, 3.05) is 39.8 Å². The maximum absolute atomic E-state index is 13.8. The quantitative estimate of drug-likeness (QED) is 0.401. The fraction of sp³-hybridized carbons (Fsp3) is 0.591. The van der Waals surface area contributed by atoms with E-state index in [-0.39, 0.29) is 25.3 Å². The van der Waals surface area contributed by atoms with Crippen molar-refractivity contribution in [2.24, 2.45) is 5.92 Å². The Balaban J connectivity index is 2.46. The van der Waals surface area contributed by atoms with Gasteiger partial charge < -0.3 is 20.2 Å². The summed E-state index contributed by atoms with van der Waals surface area (Å²) in [4.78, 5) is 41.0. The first-order chi connectivity index (χ1) is 16.2. The molecule has 1 aromatic carbocycles. The molecule has 1 fully saturated rings. The third-order valence-corrected chi connectivity index (χ3v) is 6.40. The summed E-state index contributed by atoms with van der Waals surface area (Å²) in [7, 11) is 1.13. The van der Waals surface area contributed by atoms with Crippen LogP contribution in [0.25, 0.3) is 0 Å². The van der Waals surface area contributed by atoms with Crippen LogP contribution in [0.1, 0.15) is 20.8 Å². The van der Waals surface area contributed by atoms with Crippen molar-refractivity contribution >= 4 is 39.5 Å². The van der Waals surface area contributed by atoms with Crippen LogP contribution in [0.3, 0.4) is 0 Å². The summed E-state index contributed by atoms with van der Waals surface area (Å²) in [6.07, 6.45) is -5.39. The second kappa shape index (κ2) is 11.7. The third kappa shape index (κ3) is 7.15. The minimum Gasteiger partial charge on any atom is -0.620 e. The summed E-state index contributed by atoms with van der Waals surface area (Å²) in [6, 6.07) is 3.51. The molecule has 2 rings (SSSR count). The molecule has 35 heavy (non-hydrogen) atoms. The van der Waals surface area contributed by atoms with Crippen LogP contribution >= 0.6 is 15.9 Å². The van der Waals surface area contributed by atoms with Gasteiger partial charge in [-0.3, -0.25) is 14.3 Å². The lowest BCUT2D eigenvalue weighted by Crippen LogP contribution is -2.68. The van der Waals surface area contributed by atoms with Crippen molar-refractivity contribution in [1.82, 2.24) is 19.8 Å². The van der Waals surface area contributed by atoms with Crippen LogP contribution in [-0.2, 0) is 14.3 Å². The Morgan fingerprint density at radius 2 is 1.83 bits per heavy atom. The number of benzene rings is 1. The van der Waals surface area contributed by atoms with E-state index in [9.17, 15) is 32.8 Å². The Morgan fingerprint density at radius 3 is 2.31 bits per heavy atom. The lowest BCUT2D eigenvalue weighted by atomic mass is 10.00. The zero-order valence-corrected chi connectivity index (χ0v) is 21.6. The maximum Gasteiger partial charge on any atom is 0.407 e. The van der Waals surface area contributed by atoms with Gasteiger partial charge in [0.15, 0.2) is 6.04 Å². The maximum atomic E-state index is 13.8. The predicted molar refractivity (Wildman–Crippen MR) is 127 cm³/mol. The van der Waals surface area contributed by atoms with Crippen molar-refractivity contribution in [3.8, 4) is 0 Å². The number of alkyl halides is 3. The number of amides is 3. The molecular weight excluding hydrogens is 537 g/mol. The molecular formula is C22H30BrF3N4O5. The van der Waals surface area contributed by atoms with Crippen molar-refractivity contribution in [3.63, 3.8) is 0 Å². The molecule has 0 saturated carbocycles. The SMILES string of the molecule is CC[N+]([O-])(C(=O)C1CN(CC(F)(F)F)CCN1C(=O)C(NC(=O)OC)C(C)C)c1ccc(Br)cc1. The van der Waals surface area contributed by atoms with E-state index in [1.165, 1.54) is 19.1 Å². The molecule has 3 unspecified atom stereocenters. The van der Waals surface area contributed by atoms with Crippen LogP contribution in [0, 0.1) is 11.1 Å². The number of ether oxygens (including phenoxy) is 1. The molecule has 196 valence electrons. The second-order valence-electron chi connectivity index (χ2n) is 8.63. The Kier molecular flexibility index (Phi) is 9.68. The zero-order chi connectivity index (χ0) is 26.6. The smallest absolute Gasteiger partial charge is 0.407 e. The second-order valence-corrected chi connectivity index (χ2v) is 9.54. The summed E-state index contributed by atoms with van der Waals surface area (Å²) >= 11 is 3.26. The van der Waals surface area contributed by atoms with Gasteiger partial charge in [0.1, 0.15) is 11.7 Å². The molecule has 1 aliphatic rings. The molecule has 13 heteroatoms. The molecule has 1 saturated heterocycles. The third-order valence-electron chi connectivity index (χ3n) is 5.87. The topological polar surface area (TPSA) is 102 Å². The van der Waals surface area contributed by atoms with Crippen LogP contribution in [-0.4, -0.2) is 85.8 Å². The molecule has 3 atom stereocenters. The van der Waals surface area contributed by atoms with E-state index >= 15 is 0 Å². The number of carbonyl (C=O) groups is 3. The minimum absolute atomic E-state index is 0.0918. The number of likely N-dealkylation sites (N-methyl/N-ethyl adjacent to an activating group) is 1. The van der Waals surface area contributed by atoms with E-state index in [0.29, 0.717) is 4.47 Å². The molecule has 1 heterocycles. The van der Waals surface area contributed by atoms with Crippen LogP contribution in [0.2, 0.25) is 0 Å². The van der Waals surface area contributed by atoms with Gasteiger partial charge in [-0.05, 0) is 25.0 Å². The normalized spacial score (nSPS) is 19.7. The molecule has 3 amide bonds. The van der Waals surface area contributed by atoms with Gasteiger partial charge in [0, 0.05) is 36.2 Å². The Labute approximate surface area is 210 Å². The van der Waals surface area contributed by atoms with Crippen LogP contribution in [0.5, 0.6) is 0 Å². The van der Waals surface area contributed by atoms with E-state index in [1.807, 2.05) is 0 Å². The first kappa shape index (κ1) is 29.0. The van der Waals surface area contributed by atoms with Crippen molar-refractivity contribution in [2.45, 2.75) is 39.0 Å². The summed E-state index contributed by atoms with van der Waals surface area (Å²) in [5.74, 6) is -2.06. The van der Waals surface area contributed by atoms with Gasteiger partial charge in [-0.1, -0.05) is 29.8 Å². The van der Waals surface area contributed by atoms with Gasteiger partial charge in [0.25, 0.3) is 0 Å². The average molecular weight is 567 g/mol. The number of hydrogen-bond donors (Lipinski definition) is 1. The van der Waals surface area contributed by atoms with Gasteiger partial charge in [-0.2, -0.15) is 13.2 Å². The lowest BCUT2D eigenvalue weighted by Gasteiger charge is -2.47. The highest BCUT2D eigenvalue weighted by molar-refractivity contribution is 9.10. The van der Waals surface area contributed by atoms with Crippen LogP contribution in [0.15, 0.2) is 28.7 Å². The first-order valence-corrected chi connectivity index (χ1v) is 11.9. The average Bonchev–Trinajstić information content (AvgIpc) is 2.80. The number of hydroxylamine groups is 2. The first-order valence-electron chi connectivity index (χ1n) is 11.1. The van der Waals surface area contributed by atoms with E-state index in [1.54, 1.807) is 26.0 Å². The number of halogens is 4. The summed E-state index contributed by atoms with van der Waals surface area (Å²) in [5, 5.41) is 16.2. The molecule has 0 aromatic heterocycles. The fourth-order valence-corrected chi connectivity index (χ4v) is 4.24. The molecule has 0 radical (unpaired) electrons. The van der Waals surface area contributed by atoms with E-state index in [0.717, 1.165) is 16.9 Å².